The minimum Gasteiger partial charge on any atom is -0.504 e. The van der Waals surface area contributed by atoms with Crippen LogP contribution in [-0.4, -0.2) is 59.7 Å². The highest BCUT2D eigenvalue weighted by molar-refractivity contribution is 7.17. The molecule has 0 spiro atoms. The number of hydrogen-bond acceptors (Lipinski definition) is 12. The van der Waals surface area contributed by atoms with Crippen LogP contribution >= 0.6 is 11.3 Å². The Hall–Kier alpha value is -3.78. The molecule has 0 atom stereocenters. The zero-order valence-electron chi connectivity index (χ0n) is 17.7. The van der Waals surface area contributed by atoms with Gasteiger partial charge >= 0.3 is 0 Å². The summed E-state index contributed by atoms with van der Waals surface area (Å²) < 4.78 is 0. The van der Waals surface area contributed by atoms with Crippen molar-refractivity contribution in [2.24, 2.45) is 0 Å². The van der Waals surface area contributed by atoms with Gasteiger partial charge in [-0.3, -0.25) is 4.79 Å². The molecule has 1 aromatic heterocycles. The lowest BCUT2D eigenvalue weighted by Crippen LogP contribution is -2.39. The van der Waals surface area contributed by atoms with E-state index in [1.54, 1.807) is 0 Å². The Morgan fingerprint density at radius 3 is 2.18 bits per heavy atom. The number of nitrogens with one attached hydrogen (secondary N) is 2. The summed E-state index contributed by atoms with van der Waals surface area (Å²) in [6, 6.07) is 9.35. The van der Waals surface area contributed by atoms with Crippen LogP contribution in [0.2, 0.25) is 0 Å². The van der Waals surface area contributed by atoms with E-state index in [1.165, 1.54) is 0 Å². The van der Waals surface area contributed by atoms with E-state index in [9.17, 15) is 40.5 Å². The van der Waals surface area contributed by atoms with E-state index in [4.69, 9.17) is 5.73 Å². The van der Waals surface area contributed by atoms with Crippen molar-refractivity contribution < 1.29 is 40.5 Å². The lowest BCUT2D eigenvalue weighted by Gasteiger charge is -2.26. The Labute approximate surface area is 197 Å². The number of nitrogens with two attached hydrogens (primary N) is 1. The summed E-state index contributed by atoms with van der Waals surface area (Å²) >= 11 is 0.742. The minimum absolute atomic E-state index is 0.0187. The van der Waals surface area contributed by atoms with Crippen molar-refractivity contribution >= 4 is 28.1 Å². The third kappa shape index (κ3) is 5.40. The molecule has 0 aliphatic rings. The van der Waals surface area contributed by atoms with Crippen LogP contribution in [-0.2, 0) is 23.4 Å². The molecular formula is C21H24N4O8S. The third-order valence-electron chi connectivity index (χ3n) is 4.89. The molecule has 11 N–H and O–H groups in total. The van der Waals surface area contributed by atoms with E-state index in [0.717, 1.165) is 16.9 Å². The van der Waals surface area contributed by atoms with Gasteiger partial charge < -0.3 is 52.1 Å². The summed E-state index contributed by atoms with van der Waals surface area (Å²) in [6.45, 7) is -0.259. The number of carbonyl (C=O) groups is 1. The number of thiazole rings is 1. The molecule has 0 saturated carbocycles. The number of aromatic hydroxyl groups is 5. The summed E-state index contributed by atoms with van der Waals surface area (Å²) in [5.74, 6) is -8.34. The predicted molar refractivity (Wildman–Crippen MR) is 123 cm³/mol. The number of benzene rings is 2. The Kier molecular flexibility index (Phi) is 7.32. The number of hydrogen-bond donors (Lipinski definition) is 10. The van der Waals surface area contributed by atoms with Gasteiger partial charge in [-0.25, -0.2) is 4.98 Å². The number of anilines is 2. The van der Waals surface area contributed by atoms with Crippen LogP contribution in [0, 0.1) is 0 Å². The molecule has 0 saturated heterocycles. The van der Waals surface area contributed by atoms with Crippen molar-refractivity contribution in [3.05, 3.63) is 47.2 Å². The fraction of sp³-hybridized carbons (Fsp3) is 0.238. The Bertz CT molecular complexity index is 1150. The lowest BCUT2D eigenvalue weighted by atomic mass is 10.00. The van der Waals surface area contributed by atoms with Gasteiger partial charge in [0.05, 0.1) is 13.0 Å². The average Bonchev–Trinajstić information content (AvgIpc) is 3.10. The van der Waals surface area contributed by atoms with Gasteiger partial charge in [-0.2, -0.15) is 0 Å². The highest BCUT2D eigenvalue weighted by Crippen LogP contribution is 2.52. The van der Waals surface area contributed by atoms with Crippen molar-refractivity contribution in [1.29, 1.82) is 0 Å². The number of amides is 1. The van der Waals surface area contributed by atoms with E-state index >= 15 is 0 Å². The number of nitrogen functional groups attached to an aromatic ring is 1. The molecule has 3 aromatic rings. The number of aromatic nitrogens is 1. The number of aliphatic hydroxyl groups is 2. The van der Waals surface area contributed by atoms with Crippen molar-refractivity contribution in [3.63, 3.8) is 0 Å². The van der Waals surface area contributed by atoms with Crippen LogP contribution in [0.5, 0.6) is 28.1 Å². The van der Waals surface area contributed by atoms with Crippen LogP contribution in [0.15, 0.2) is 30.3 Å². The van der Waals surface area contributed by atoms with Crippen LogP contribution in [0.4, 0.5) is 10.8 Å². The molecule has 34 heavy (non-hydrogen) atoms. The Morgan fingerprint density at radius 2 is 1.62 bits per heavy atom. The summed E-state index contributed by atoms with van der Waals surface area (Å²) in [5, 5.41) is 76.2. The molecule has 0 fully saturated rings. The molecular weight excluding hydrogens is 468 g/mol. The second kappa shape index (κ2) is 10.0. The SMILES string of the molecule is Nc1nc(CC(=O)Nc2c(O)c(O)c(C(O)(O)CNCCc3ccccc3)c(O)c2O)c(O)s1. The van der Waals surface area contributed by atoms with E-state index in [0.29, 0.717) is 13.0 Å². The van der Waals surface area contributed by atoms with Crippen molar-refractivity contribution in [2.75, 3.05) is 24.1 Å². The largest absolute Gasteiger partial charge is 0.504 e. The highest BCUT2D eigenvalue weighted by atomic mass is 32.1. The first-order valence-corrected chi connectivity index (χ1v) is 10.8. The average molecular weight is 493 g/mol. The molecule has 3 rings (SSSR count). The van der Waals surface area contributed by atoms with Gasteiger partial charge in [0.25, 0.3) is 0 Å². The highest BCUT2D eigenvalue weighted by Gasteiger charge is 2.37. The normalized spacial score (nSPS) is 11.5. The second-order valence-corrected chi connectivity index (χ2v) is 8.41. The fourth-order valence-electron chi connectivity index (χ4n) is 3.24. The number of phenols is 4. The van der Waals surface area contributed by atoms with Crippen LogP contribution in [0.25, 0.3) is 0 Å². The maximum absolute atomic E-state index is 12.3. The minimum atomic E-state index is -2.90. The second-order valence-electron chi connectivity index (χ2n) is 7.40. The molecule has 0 aliphatic carbocycles. The van der Waals surface area contributed by atoms with Gasteiger partial charge in [0.15, 0.2) is 33.2 Å². The molecule has 182 valence electrons. The lowest BCUT2D eigenvalue weighted by molar-refractivity contribution is -0.167. The zero-order chi connectivity index (χ0) is 25.0. The number of rotatable bonds is 9. The van der Waals surface area contributed by atoms with E-state index in [2.05, 4.69) is 15.6 Å². The number of carbonyl (C=O) groups excluding carboxylic acids is 1. The first-order chi connectivity index (χ1) is 16.0. The monoisotopic (exact) mass is 492 g/mol. The first kappa shape index (κ1) is 24.9. The maximum Gasteiger partial charge on any atom is 0.230 e. The van der Waals surface area contributed by atoms with Gasteiger partial charge in [-0.1, -0.05) is 41.7 Å². The van der Waals surface area contributed by atoms with Crippen LogP contribution in [0.3, 0.4) is 0 Å². The molecule has 0 bridgehead atoms. The van der Waals surface area contributed by atoms with Crippen molar-refractivity contribution in [3.8, 4) is 28.1 Å². The molecule has 2 aromatic carbocycles. The number of nitrogens with zero attached hydrogens (tertiary/aromatic N) is 1. The zero-order valence-corrected chi connectivity index (χ0v) is 18.5. The van der Waals surface area contributed by atoms with Gasteiger partial charge in [-0.05, 0) is 18.5 Å². The predicted octanol–water partition coefficient (Wildman–Crippen LogP) is 0.404. The summed E-state index contributed by atoms with van der Waals surface area (Å²) in [4.78, 5) is 16.0. The van der Waals surface area contributed by atoms with Crippen molar-refractivity contribution in [2.45, 2.75) is 18.6 Å². The summed E-state index contributed by atoms with van der Waals surface area (Å²) in [5.41, 5.74) is 4.64. The van der Waals surface area contributed by atoms with Gasteiger partial charge in [0, 0.05) is 0 Å². The van der Waals surface area contributed by atoms with Crippen molar-refractivity contribution in [1.82, 2.24) is 10.3 Å². The van der Waals surface area contributed by atoms with Gasteiger partial charge in [0.2, 0.25) is 11.7 Å². The molecule has 0 unspecified atom stereocenters. The van der Waals surface area contributed by atoms with E-state index < -0.39 is 58.9 Å². The smallest absolute Gasteiger partial charge is 0.230 e. The van der Waals surface area contributed by atoms with Crippen LogP contribution in [0.1, 0.15) is 16.8 Å². The Balaban J connectivity index is 1.74. The number of phenolic OH excluding ortho intramolecular Hbond substituents is 4. The molecule has 0 aliphatic heterocycles. The summed E-state index contributed by atoms with van der Waals surface area (Å²) in [7, 11) is 0. The molecule has 0 radical (unpaired) electrons. The van der Waals surface area contributed by atoms with E-state index in [-0.39, 0.29) is 15.9 Å². The summed E-state index contributed by atoms with van der Waals surface area (Å²) in [6.07, 6.45) is 0.0491. The van der Waals surface area contributed by atoms with Gasteiger partial charge in [0.1, 0.15) is 16.9 Å². The quantitative estimate of drug-likeness (QED) is 0.0852. The maximum atomic E-state index is 12.3. The standard InChI is InChI=1S/C21H24N4O8S/c22-20-24-11(19(31)34-20)8-12(26)25-14-17(29)15(27)13(16(28)18(14)30)21(32,33)9-23-7-6-10-4-2-1-3-5-10/h1-5,23,27-33H,6-9H2,(H2,22,24)(H,25,26). The molecule has 12 nitrogen and oxygen atoms in total. The molecule has 1 heterocycles. The van der Waals surface area contributed by atoms with Crippen LogP contribution < -0.4 is 16.4 Å². The Morgan fingerprint density at radius 1 is 1.00 bits per heavy atom. The molecule has 13 heteroatoms. The fourth-order valence-corrected chi connectivity index (χ4v) is 3.83. The van der Waals surface area contributed by atoms with Gasteiger partial charge in [-0.15, -0.1) is 0 Å². The molecule has 1 amide bonds. The topological polar surface area (TPSA) is 222 Å². The third-order valence-corrected chi connectivity index (χ3v) is 5.62. The first-order valence-electron chi connectivity index (χ1n) is 9.95. The van der Waals surface area contributed by atoms with E-state index in [1.807, 2.05) is 30.3 Å².